The quantitative estimate of drug-likeness (QED) is 0.836. The number of halogens is 1. The molecule has 0 radical (unpaired) electrons. The number of fused-ring (bicyclic) bond motifs is 1. The summed E-state index contributed by atoms with van der Waals surface area (Å²) in [6, 6.07) is 3.62. The maximum Gasteiger partial charge on any atom is 0.168 e. The summed E-state index contributed by atoms with van der Waals surface area (Å²) in [7, 11) is 1.56. The Morgan fingerprint density at radius 3 is 3.00 bits per heavy atom. The van der Waals surface area contributed by atoms with Crippen molar-refractivity contribution in [3.63, 3.8) is 0 Å². The molecule has 0 fully saturated rings. The second-order valence-corrected chi connectivity index (χ2v) is 3.67. The number of nitrogens with zero attached hydrogens (tertiary/aromatic N) is 1. The third-order valence-electron chi connectivity index (χ3n) is 1.95. The number of ether oxygens (including phenoxy) is 1. The van der Waals surface area contributed by atoms with Crippen LogP contribution in [0, 0.1) is 0 Å². The molecule has 1 aromatic heterocycles. The first-order valence-electron chi connectivity index (χ1n) is 3.93. The molecule has 2 aromatic rings. The van der Waals surface area contributed by atoms with Crippen molar-refractivity contribution in [2.75, 3.05) is 7.11 Å². The third kappa shape index (κ3) is 1.29. The Kier molecular flexibility index (Phi) is 2.25. The zero-order chi connectivity index (χ0) is 10.1. The Morgan fingerprint density at radius 1 is 1.57 bits per heavy atom. The van der Waals surface area contributed by atoms with E-state index < -0.39 is 0 Å². The maximum absolute atomic E-state index is 10.7. The van der Waals surface area contributed by atoms with Gasteiger partial charge < -0.3 is 4.74 Å². The predicted molar refractivity (Wildman–Crippen MR) is 55.7 cm³/mol. The first kappa shape index (κ1) is 9.21. The van der Waals surface area contributed by atoms with Gasteiger partial charge in [-0.1, -0.05) is 15.9 Å². The van der Waals surface area contributed by atoms with Crippen LogP contribution in [-0.4, -0.2) is 23.6 Å². The molecule has 1 heterocycles. The van der Waals surface area contributed by atoms with Gasteiger partial charge in [-0.25, -0.2) is 0 Å². The van der Waals surface area contributed by atoms with E-state index in [4.69, 9.17) is 4.74 Å². The van der Waals surface area contributed by atoms with Gasteiger partial charge in [0.1, 0.15) is 11.4 Å². The van der Waals surface area contributed by atoms with E-state index in [1.807, 2.05) is 6.07 Å². The first-order chi connectivity index (χ1) is 6.76. The van der Waals surface area contributed by atoms with Crippen LogP contribution in [0.3, 0.4) is 0 Å². The molecule has 1 N–H and O–H groups in total. The lowest BCUT2D eigenvalue weighted by molar-refractivity contribution is 0.112. The number of carbonyl (C=O) groups excluding carboxylic acids is 1. The minimum atomic E-state index is 0.435. The lowest BCUT2D eigenvalue weighted by atomic mass is 10.2. The number of aldehydes is 1. The highest BCUT2D eigenvalue weighted by atomic mass is 79.9. The number of hydrogen-bond donors (Lipinski definition) is 1. The van der Waals surface area contributed by atoms with Gasteiger partial charge >= 0.3 is 0 Å². The molecule has 4 nitrogen and oxygen atoms in total. The van der Waals surface area contributed by atoms with E-state index in [9.17, 15) is 4.79 Å². The number of rotatable bonds is 2. The number of H-pyrrole nitrogens is 1. The summed E-state index contributed by atoms with van der Waals surface area (Å²) in [5, 5.41) is 7.35. The Bertz CT molecular complexity index is 493. The molecule has 0 saturated carbocycles. The molecule has 14 heavy (non-hydrogen) atoms. The van der Waals surface area contributed by atoms with Gasteiger partial charge in [-0.2, -0.15) is 5.10 Å². The highest BCUT2D eigenvalue weighted by Gasteiger charge is 2.10. The Hall–Kier alpha value is -1.36. The van der Waals surface area contributed by atoms with E-state index in [1.165, 1.54) is 0 Å². The van der Waals surface area contributed by atoms with Crippen molar-refractivity contribution in [3.05, 3.63) is 22.3 Å². The van der Waals surface area contributed by atoms with Gasteiger partial charge in [0.25, 0.3) is 0 Å². The molecule has 0 atom stereocenters. The number of hydrogen-bond acceptors (Lipinski definition) is 3. The highest BCUT2D eigenvalue weighted by molar-refractivity contribution is 9.10. The summed E-state index contributed by atoms with van der Waals surface area (Å²) in [6.45, 7) is 0. The van der Waals surface area contributed by atoms with Crippen LogP contribution in [0.1, 0.15) is 10.5 Å². The van der Waals surface area contributed by atoms with Crippen LogP contribution in [0.2, 0.25) is 0 Å². The van der Waals surface area contributed by atoms with Crippen LogP contribution in [0.25, 0.3) is 10.9 Å². The Morgan fingerprint density at radius 2 is 2.36 bits per heavy atom. The fraction of sp³-hybridized carbons (Fsp3) is 0.111. The van der Waals surface area contributed by atoms with Gasteiger partial charge in [-0.15, -0.1) is 0 Å². The summed E-state index contributed by atoms with van der Waals surface area (Å²) in [5.74, 6) is 0.630. The molecular formula is C9H7BrN2O2. The topological polar surface area (TPSA) is 55.0 Å². The van der Waals surface area contributed by atoms with Crippen molar-refractivity contribution in [1.82, 2.24) is 10.2 Å². The van der Waals surface area contributed by atoms with Crippen LogP contribution in [-0.2, 0) is 0 Å². The average molecular weight is 255 g/mol. The molecule has 5 heteroatoms. The molecule has 0 saturated heterocycles. The maximum atomic E-state index is 10.7. The minimum Gasteiger partial charge on any atom is -0.496 e. The lowest BCUT2D eigenvalue weighted by Gasteiger charge is -2.01. The minimum absolute atomic E-state index is 0.435. The van der Waals surface area contributed by atoms with E-state index >= 15 is 0 Å². The molecule has 1 aromatic carbocycles. The largest absolute Gasteiger partial charge is 0.496 e. The molecule has 0 spiro atoms. The van der Waals surface area contributed by atoms with Gasteiger partial charge in [0, 0.05) is 4.47 Å². The van der Waals surface area contributed by atoms with Crippen molar-refractivity contribution in [2.45, 2.75) is 0 Å². The van der Waals surface area contributed by atoms with Crippen molar-refractivity contribution >= 4 is 33.1 Å². The number of nitrogens with one attached hydrogen (secondary N) is 1. The second-order valence-electron chi connectivity index (χ2n) is 2.76. The van der Waals surface area contributed by atoms with Gasteiger partial charge in [0.05, 0.1) is 18.0 Å². The SMILES string of the molecule is COc1cc(Br)cc2n[nH]c(C=O)c12. The molecule has 0 aliphatic heterocycles. The van der Waals surface area contributed by atoms with Crippen molar-refractivity contribution in [2.24, 2.45) is 0 Å². The summed E-state index contributed by atoms with van der Waals surface area (Å²) in [5.41, 5.74) is 1.14. The molecule has 0 amide bonds. The van der Waals surface area contributed by atoms with Crippen LogP contribution < -0.4 is 4.74 Å². The van der Waals surface area contributed by atoms with E-state index in [2.05, 4.69) is 26.1 Å². The van der Waals surface area contributed by atoms with Gasteiger partial charge in [0.2, 0.25) is 0 Å². The fourth-order valence-corrected chi connectivity index (χ4v) is 1.77. The Balaban J connectivity index is 2.85. The predicted octanol–water partition coefficient (Wildman–Crippen LogP) is 2.15. The number of aromatic amines is 1. The normalized spacial score (nSPS) is 10.4. The highest BCUT2D eigenvalue weighted by Crippen LogP contribution is 2.30. The molecule has 0 aliphatic carbocycles. The number of methoxy groups -OCH3 is 1. The zero-order valence-corrected chi connectivity index (χ0v) is 8.96. The van der Waals surface area contributed by atoms with E-state index in [0.29, 0.717) is 22.3 Å². The van der Waals surface area contributed by atoms with Crippen molar-refractivity contribution < 1.29 is 9.53 Å². The van der Waals surface area contributed by atoms with Crippen LogP contribution in [0.4, 0.5) is 0 Å². The van der Waals surface area contributed by atoms with Crippen molar-refractivity contribution in [3.8, 4) is 5.75 Å². The van der Waals surface area contributed by atoms with Crippen LogP contribution in [0.5, 0.6) is 5.75 Å². The molecule has 0 unspecified atom stereocenters. The number of carbonyl (C=O) groups is 1. The summed E-state index contributed by atoms with van der Waals surface area (Å²) >= 11 is 3.33. The zero-order valence-electron chi connectivity index (χ0n) is 7.37. The number of aromatic nitrogens is 2. The molecular weight excluding hydrogens is 248 g/mol. The van der Waals surface area contributed by atoms with Gasteiger partial charge in [-0.3, -0.25) is 9.89 Å². The second kappa shape index (κ2) is 3.42. The summed E-state index contributed by atoms with van der Waals surface area (Å²) in [4.78, 5) is 10.7. The van der Waals surface area contributed by atoms with Gasteiger partial charge in [0.15, 0.2) is 6.29 Å². The lowest BCUT2D eigenvalue weighted by Crippen LogP contribution is -1.86. The molecule has 0 aliphatic rings. The van der Waals surface area contributed by atoms with Crippen LogP contribution >= 0.6 is 15.9 Å². The molecule has 2 rings (SSSR count). The smallest absolute Gasteiger partial charge is 0.168 e. The van der Waals surface area contributed by atoms with E-state index in [1.54, 1.807) is 13.2 Å². The van der Waals surface area contributed by atoms with Crippen LogP contribution in [0.15, 0.2) is 16.6 Å². The van der Waals surface area contributed by atoms with Crippen molar-refractivity contribution in [1.29, 1.82) is 0 Å². The number of benzene rings is 1. The summed E-state index contributed by atoms with van der Waals surface area (Å²) < 4.78 is 6.03. The molecule has 0 bridgehead atoms. The average Bonchev–Trinajstić information content (AvgIpc) is 2.59. The monoisotopic (exact) mass is 254 g/mol. The van der Waals surface area contributed by atoms with E-state index in [-0.39, 0.29) is 0 Å². The summed E-state index contributed by atoms with van der Waals surface area (Å²) in [6.07, 6.45) is 0.728. The standard InChI is InChI=1S/C9H7BrN2O2/c1-14-8-3-5(10)2-6-9(8)7(4-13)12-11-6/h2-4H,1H3,(H,11,12). The fourth-order valence-electron chi connectivity index (χ4n) is 1.35. The molecule has 72 valence electrons. The first-order valence-corrected chi connectivity index (χ1v) is 4.72. The third-order valence-corrected chi connectivity index (χ3v) is 2.41. The van der Waals surface area contributed by atoms with E-state index in [0.717, 1.165) is 10.8 Å². The Labute approximate surface area is 88.4 Å². The van der Waals surface area contributed by atoms with Gasteiger partial charge in [-0.05, 0) is 12.1 Å².